The molecule has 1 aromatic heterocycles. The first-order valence-electron chi connectivity index (χ1n) is 7.26. The van der Waals surface area contributed by atoms with E-state index in [0.29, 0.717) is 5.56 Å². The Labute approximate surface area is 145 Å². The van der Waals surface area contributed by atoms with Crippen LogP contribution >= 0.6 is 0 Å². The van der Waals surface area contributed by atoms with Crippen molar-refractivity contribution in [3.8, 4) is 0 Å². The number of aryl methyl sites for hydroxylation is 1. The number of alkyl halides is 3. The molecule has 0 aliphatic carbocycles. The van der Waals surface area contributed by atoms with Gasteiger partial charge in [0.15, 0.2) is 0 Å². The molecular formula is C13H12F3N5O4S. The maximum absolute atomic E-state index is 12.8. The van der Waals surface area contributed by atoms with Crippen LogP contribution in [0.4, 0.5) is 18.9 Å². The first-order valence-corrected chi connectivity index (χ1v) is 8.70. The van der Waals surface area contributed by atoms with Crippen molar-refractivity contribution in [2.24, 2.45) is 0 Å². The highest BCUT2D eigenvalue weighted by Crippen LogP contribution is 2.31. The monoisotopic (exact) mass is 391 g/mol. The van der Waals surface area contributed by atoms with Crippen molar-refractivity contribution < 1.29 is 26.5 Å². The van der Waals surface area contributed by atoms with Crippen LogP contribution in [0.5, 0.6) is 0 Å². The molecule has 2 heterocycles. The van der Waals surface area contributed by atoms with Gasteiger partial charge in [-0.05, 0) is 13.0 Å². The van der Waals surface area contributed by atoms with Gasteiger partial charge in [0.25, 0.3) is 5.69 Å². The van der Waals surface area contributed by atoms with Crippen molar-refractivity contribution in [1.29, 1.82) is 0 Å². The van der Waals surface area contributed by atoms with Crippen LogP contribution in [0.3, 0.4) is 0 Å². The lowest BCUT2D eigenvalue weighted by molar-refractivity contribution is -0.385. The minimum atomic E-state index is -4.69. The second-order valence-electron chi connectivity index (χ2n) is 5.63. The van der Waals surface area contributed by atoms with E-state index in [4.69, 9.17) is 0 Å². The first-order chi connectivity index (χ1) is 12.0. The SMILES string of the molecule is Cc1ccc(S(=O)(=O)N2CCn3c(nnc3C(F)(F)F)C2)cc1[N+](=O)[O-]. The van der Waals surface area contributed by atoms with Crippen molar-refractivity contribution in [2.45, 2.75) is 31.1 Å². The summed E-state index contributed by atoms with van der Waals surface area (Å²) >= 11 is 0. The van der Waals surface area contributed by atoms with Crippen molar-refractivity contribution in [3.05, 3.63) is 45.5 Å². The van der Waals surface area contributed by atoms with Crippen molar-refractivity contribution in [3.63, 3.8) is 0 Å². The minimum Gasteiger partial charge on any atom is -0.305 e. The Bertz CT molecular complexity index is 986. The van der Waals surface area contributed by atoms with Gasteiger partial charge in [-0.1, -0.05) is 6.07 Å². The van der Waals surface area contributed by atoms with Crippen LogP contribution < -0.4 is 0 Å². The van der Waals surface area contributed by atoms with E-state index in [2.05, 4.69) is 10.2 Å². The van der Waals surface area contributed by atoms with Crippen LogP contribution in [0.1, 0.15) is 17.2 Å². The highest BCUT2D eigenvalue weighted by atomic mass is 32.2. The van der Waals surface area contributed by atoms with Crippen LogP contribution in [0.2, 0.25) is 0 Å². The summed E-state index contributed by atoms with van der Waals surface area (Å²) in [6, 6.07) is 3.46. The van der Waals surface area contributed by atoms with Crippen LogP contribution in [0.15, 0.2) is 23.1 Å². The van der Waals surface area contributed by atoms with E-state index in [0.717, 1.165) is 14.9 Å². The topological polar surface area (TPSA) is 111 Å². The number of rotatable bonds is 3. The van der Waals surface area contributed by atoms with E-state index in [1.807, 2.05) is 0 Å². The van der Waals surface area contributed by atoms with E-state index < -0.39 is 33.5 Å². The van der Waals surface area contributed by atoms with Crippen molar-refractivity contribution in [1.82, 2.24) is 19.1 Å². The molecule has 1 aliphatic rings. The van der Waals surface area contributed by atoms with Crippen molar-refractivity contribution >= 4 is 15.7 Å². The standard InChI is InChI=1S/C13H12F3N5O4S/c1-8-2-3-9(6-10(8)21(22)23)26(24,25)19-4-5-20-11(7-19)17-18-12(20)13(14,15)16/h2-3,6H,4-5,7H2,1H3. The third kappa shape index (κ3) is 3.03. The van der Waals surface area contributed by atoms with Crippen LogP contribution in [0.25, 0.3) is 0 Å². The van der Waals surface area contributed by atoms with E-state index >= 15 is 0 Å². The van der Waals surface area contributed by atoms with Gasteiger partial charge >= 0.3 is 6.18 Å². The maximum Gasteiger partial charge on any atom is 0.451 e. The maximum atomic E-state index is 12.8. The lowest BCUT2D eigenvalue weighted by Crippen LogP contribution is -2.39. The molecule has 0 atom stereocenters. The van der Waals surface area contributed by atoms with Gasteiger partial charge in [0, 0.05) is 24.7 Å². The van der Waals surface area contributed by atoms with Gasteiger partial charge in [-0.2, -0.15) is 17.5 Å². The lowest BCUT2D eigenvalue weighted by Gasteiger charge is -2.27. The molecule has 1 aromatic carbocycles. The summed E-state index contributed by atoms with van der Waals surface area (Å²) in [6.45, 7) is 0.548. The fourth-order valence-corrected chi connectivity index (χ4v) is 4.05. The Morgan fingerprint density at radius 1 is 1.23 bits per heavy atom. The number of nitrogens with zero attached hydrogens (tertiary/aromatic N) is 5. The first kappa shape index (κ1) is 18.3. The highest BCUT2D eigenvalue weighted by Gasteiger charge is 2.41. The third-order valence-electron chi connectivity index (χ3n) is 3.99. The second kappa shape index (κ2) is 6.02. The molecule has 1 aliphatic heterocycles. The molecule has 140 valence electrons. The molecule has 26 heavy (non-hydrogen) atoms. The van der Waals surface area contributed by atoms with E-state index in [9.17, 15) is 31.7 Å². The zero-order valence-corrected chi connectivity index (χ0v) is 14.1. The van der Waals surface area contributed by atoms with Gasteiger partial charge < -0.3 is 4.57 Å². The molecule has 13 heteroatoms. The number of fused-ring (bicyclic) bond motifs is 1. The predicted molar refractivity (Wildman–Crippen MR) is 80.5 cm³/mol. The normalized spacial score (nSPS) is 15.7. The average molecular weight is 391 g/mol. The number of nitro groups is 1. The van der Waals surface area contributed by atoms with Gasteiger partial charge in [-0.25, -0.2) is 8.42 Å². The van der Waals surface area contributed by atoms with Gasteiger partial charge in [-0.3, -0.25) is 10.1 Å². The molecule has 0 spiro atoms. The summed E-state index contributed by atoms with van der Waals surface area (Å²) in [5.41, 5.74) is -0.0623. The lowest BCUT2D eigenvalue weighted by atomic mass is 10.2. The van der Waals surface area contributed by atoms with Crippen LogP contribution in [-0.2, 0) is 29.3 Å². The Morgan fingerprint density at radius 2 is 1.92 bits per heavy atom. The molecule has 0 radical (unpaired) electrons. The fraction of sp³-hybridized carbons (Fsp3) is 0.385. The smallest absolute Gasteiger partial charge is 0.305 e. The van der Waals surface area contributed by atoms with Crippen molar-refractivity contribution in [2.75, 3.05) is 6.54 Å². The van der Waals surface area contributed by atoms with Gasteiger partial charge in [0.2, 0.25) is 15.8 Å². The number of benzene rings is 1. The summed E-state index contributed by atoms with van der Waals surface area (Å²) in [6.07, 6.45) is -4.69. The Kier molecular flexibility index (Phi) is 4.23. The zero-order chi connectivity index (χ0) is 19.3. The Balaban J connectivity index is 1.94. The molecule has 0 fully saturated rings. The molecule has 9 nitrogen and oxygen atoms in total. The Morgan fingerprint density at radius 3 is 2.54 bits per heavy atom. The molecule has 0 bridgehead atoms. The zero-order valence-electron chi connectivity index (χ0n) is 13.3. The molecule has 0 saturated heterocycles. The van der Waals surface area contributed by atoms with Gasteiger partial charge in [-0.15, -0.1) is 10.2 Å². The second-order valence-corrected chi connectivity index (χ2v) is 7.57. The predicted octanol–water partition coefficient (Wildman–Crippen LogP) is 1.72. The number of hydrogen-bond donors (Lipinski definition) is 0. The summed E-state index contributed by atoms with van der Waals surface area (Å²) in [4.78, 5) is 10.0. The summed E-state index contributed by atoms with van der Waals surface area (Å²) in [5, 5.41) is 17.5. The van der Waals surface area contributed by atoms with Crippen LogP contribution in [-0.4, -0.2) is 39.0 Å². The summed E-state index contributed by atoms with van der Waals surface area (Å²) in [5.74, 6) is -1.33. The summed E-state index contributed by atoms with van der Waals surface area (Å²) in [7, 11) is -4.14. The fourth-order valence-electron chi connectivity index (χ4n) is 2.65. The minimum absolute atomic E-state index is 0.145. The number of sulfonamides is 1. The van der Waals surface area contributed by atoms with E-state index in [1.165, 1.54) is 19.1 Å². The molecule has 0 N–H and O–H groups in total. The third-order valence-corrected chi connectivity index (χ3v) is 5.83. The molecule has 2 aromatic rings. The van der Waals surface area contributed by atoms with E-state index in [-0.39, 0.29) is 29.5 Å². The van der Waals surface area contributed by atoms with Gasteiger partial charge in [0.05, 0.1) is 16.4 Å². The number of halogens is 3. The molecule has 0 saturated carbocycles. The number of nitro benzene ring substituents is 1. The number of hydrogen-bond acceptors (Lipinski definition) is 6. The van der Waals surface area contributed by atoms with Gasteiger partial charge in [0.1, 0.15) is 5.82 Å². The van der Waals surface area contributed by atoms with Crippen LogP contribution in [0, 0.1) is 17.0 Å². The molecular weight excluding hydrogens is 379 g/mol. The molecule has 3 rings (SSSR count). The van der Waals surface area contributed by atoms with E-state index in [1.54, 1.807) is 0 Å². The quantitative estimate of drug-likeness (QED) is 0.582. The largest absolute Gasteiger partial charge is 0.451 e. The molecule has 0 unspecified atom stereocenters. The highest BCUT2D eigenvalue weighted by molar-refractivity contribution is 7.89. The molecule has 0 amide bonds. The average Bonchev–Trinajstić information content (AvgIpc) is 2.98. The Hall–Kier alpha value is -2.54. The number of aromatic nitrogens is 3. The summed E-state index contributed by atoms with van der Waals surface area (Å²) < 4.78 is 65.7.